The van der Waals surface area contributed by atoms with Crippen LogP contribution in [0.4, 0.5) is 11.4 Å². The molecule has 1 amide bonds. The number of nitrogens with zero attached hydrogens (tertiary/aromatic N) is 1. The average Bonchev–Trinajstić information content (AvgIpc) is 2.32. The van der Waals surface area contributed by atoms with Gasteiger partial charge in [-0.25, -0.2) is 4.98 Å². The number of rotatable bonds is 2. The van der Waals surface area contributed by atoms with Crippen LogP contribution in [-0.4, -0.2) is 10.9 Å². The number of carbonyl (C=O) groups excluding carboxylic acids is 1. The van der Waals surface area contributed by atoms with E-state index in [4.69, 9.17) is 5.73 Å². The Morgan fingerprint density at radius 3 is 2.83 bits per heavy atom. The third-order valence-electron chi connectivity index (χ3n) is 2.50. The van der Waals surface area contributed by atoms with Crippen LogP contribution in [0.5, 0.6) is 0 Å². The number of hydrogen-bond acceptors (Lipinski definition) is 3. The lowest BCUT2D eigenvalue weighted by atomic mass is 10.1. The first-order valence-electron chi connectivity index (χ1n) is 5.36. The van der Waals surface area contributed by atoms with Crippen molar-refractivity contribution in [2.45, 2.75) is 6.92 Å². The van der Waals surface area contributed by atoms with Crippen molar-refractivity contribution in [1.29, 1.82) is 0 Å². The first kappa shape index (κ1) is 12.6. The summed E-state index contributed by atoms with van der Waals surface area (Å²) in [6.07, 6.45) is 1.65. The molecular weight excluding hydrogens is 294 g/mol. The summed E-state index contributed by atoms with van der Waals surface area (Å²) in [5.74, 6) is -0.179. The molecular formula is C13H12BrN3O. The number of amides is 1. The number of carbonyl (C=O) groups is 1. The summed E-state index contributed by atoms with van der Waals surface area (Å²) in [4.78, 5) is 16.1. The van der Waals surface area contributed by atoms with Crippen LogP contribution in [-0.2, 0) is 0 Å². The van der Waals surface area contributed by atoms with Gasteiger partial charge in [-0.15, -0.1) is 0 Å². The first-order chi connectivity index (χ1) is 8.58. The zero-order valence-corrected chi connectivity index (χ0v) is 11.4. The molecule has 0 saturated heterocycles. The Bertz CT molecular complexity index is 599. The van der Waals surface area contributed by atoms with E-state index in [0.29, 0.717) is 21.5 Å². The molecule has 0 saturated carbocycles. The van der Waals surface area contributed by atoms with Crippen molar-refractivity contribution in [3.05, 3.63) is 52.3 Å². The number of pyridine rings is 1. The molecule has 0 aliphatic heterocycles. The fourth-order valence-electron chi connectivity index (χ4n) is 1.61. The van der Waals surface area contributed by atoms with Gasteiger partial charge in [0.05, 0.1) is 5.69 Å². The van der Waals surface area contributed by atoms with Crippen molar-refractivity contribution < 1.29 is 4.79 Å². The molecule has 1 heterocycles. The van der Waals surface area contributed by atoms with Crippen molar-refractivity contribution in [3.8, 4) is 0 Å². The number of nitrogen functional groups attached to an aromatic ring is 1. The normalized spacial score (nSPS) is 10.1. The number of hydrogen-bond donors (Lipinski definition) is 2. The largest absolute Gasteiger partial charge is 0.399 e. The summed E-state index contributed by atoms with van der Waals surface area (Å²) in [5, 5.41) is 2.80. The molecule has 0 spiro atoms. The molecule has 2 rings (SSSR count). The third-order valence-corrected chi connectivity index (χ3v) is 3.13. The molecule has 0 atom stereocenters. The molecule has 92 valence electrons. The Hall–Kier alpha value is -1.88. The smallest absolute Gasteiger partial charge is 0.256 e. The first-order valence-corrected chi connectivity index (χ1v) is 6.15. The second-order valence-electron chi connectivity index (χ2n) is 3.87. The quantitative estimate of drug-likeness (QED) is 0.662. The molecule has 1 aromatic carbocycles. The Morgan fingerprint density at radius 2 is 2.17 bits per heavy atom. The van der Waals surface area contributed by atoms with Gasteiger partial charge in [0.2, 0.25) is 0 Å². The zero-order chi connectivity index (χ0) is 13.1. The molecule has 4 nitrogen and oxygen atoms in total. The van der Waals surface area contributed by atoms with E-state index in [1.54, 1.807) is 36.5 Å². The van der Waals surface area contributed by atoms with Crippen LogP contribution >= 0.6 is 15.9 Å². The van der Waals surface area contributed by atoms with Gasteiger partial charge in [0.25, 0.3) is 5.91 Å². The standard InChI is InChI=1S/C13H12BrN3O/c1-8-7-9(15)4-5-10(8)13(18)17-11-3-2-6-16-12(11)14/h2-7H,15H2,1H3,(H,17,18). The van der Waals surface area contributed by atoms with Crippen molar-refractivity contribution in [2.75, 3.05) is 11.1 Å². The Balaban J connectivity index is 2.25. The second kappa shape index (κ2) is 5.18. The number of nitrogens with two attached hydrogens (primary N) is 1. The summed E-state index contributed by atoms with van der Waals surface area (Å²) in [7, 11) is 0. The molecule has 0 aliphatic carbocycles. The van der Waals surface area contributed by atoms with E-state index in [2.05, 4.69) is 26.2 Å². The van der Waals surface area contributed by atoms with Crippen molar-refractivity contribution in [2.24, 2.45) is 0 Å². The van der Waals surface area contributed by atoms with E-state index in [0.717, 1.165) is 5.56 Å². The van der Waals surface area contributed by atoms with Gasteiger partial charge in [-0.3, -0.25) is 4.79 Å². The maximum atomic E-state index is 12.1. The van der Waals surface area contributed by atoms with Crippen molar-refractivity contribution >= 4 is 33.2 Å². The van der Waals surface area contributed by atoms with Gasteiger partial charge >= 0.3 is 0 Å². The van der Waals surface area contributed by atoms with Crippen LogP contribution < -0.4 is 11.1 Å². The number of aryl methyl sites for hydroxylation is 1. The lowest BCUT2D eigenvalue weighted by Crippen LogP contribution is -2.14. The molecule has 0 aliphatic rings. The number of aromatic nitrogens is 1. The minimum atomic E-state index is -0.179. The molecule has 18 heavy (non-hydrogen) atoms. The Labute approximate surface area is 113 Å². The summed E-state index contributed by atoms with van der Waals surface area (Å²) < 4.78 is 0.603. The third kappa shape index (κ3) is 2.68. The number of benzene rings is 1. The molecule has 0 bridgehead atoms. The maximum absolute atomic E-state index is 12.1. The summed E-state index contributed by atoms with van der Waals surface area (Å²) in [6.45, 7) is 1.85. The molecule has 5 heteroatoms. The summed E-state index contributed by atoms with van der Waals surface area (Å²) >= 11 is 3.28. The highest BCUT2D eigenvalue weighted by molar-refractivity contribution is 9.10. The maximum Gasteiger partial charge on any atom is 0.256 e. The second-order valence-corrected chi connectivity index (χ2v) is 4.62. The van der Waals surface area contributed by atoms with Gasteiger partial charge in [0.15, 0.2) is 0 Å². The van der Waals surface area contributed by atoms with E-state index in [1.807, 2.05) is 6.92 Å². The highest BCUT2D eigenvalue weighted by Crippen LogP contribution is 2.20. The van der Waals surface area contributed by atoms with E-state index >= 15 is 0 Å². The predicted octanol–water partition coefficient (Wildman–Crippen LogP) is 2.99. The SMILES string of the molecule is Cc1cc(N)ccc1C(=O)Nc1cccnc1Br. The fourth-order valence-corrected chi connectivity index (χ4v) is 1.96. The highest BCUT2D eigenvalue weighted by atomic mass is 79.9. The predicted molar refractivity (Wildman–Crippen MR) is 75.5 cm³/mol. The fraction of sp³-hybridized carbons (Fsp3) is 0.0769. The van der Waals surface area contributed by atoms with Crippen LogP contribution in [0.2, 0.25) is 0 Å². The van der Waals surface area contributed by atoms with Gasteiger partial charge in [-0.1, -0.05) is 0 Å². The number of nitrogens with one attached hydrogen (secondary N) is 1. The van der Waals surface area contributed by atoms with Crippen LogP contribution in [0.25, 0.3) is 0 Å². The summed E-state index contributed by atoms with van der Waals surface area (Å²) in [5.41, 5.74) is 8.38. The lowest BCUT2D eigenvalue weighted by Gasteiger charge is -2.09. The molecule has 0 fully saturated rings. The van der Waals surface area contributed by atoms with E-state index in [9.17, 15) is 4.79 Å². The van der Waals surface area contributed by atoms with E-state index in [-0.39, 0.29) is 5.91 Å². The minimum Gasteiger partial charge on any atom is -0.399 e. The van der Waals surface area contributed by atoms with Gasteiger partial charge in [-0.2, -0.15) is 0 Å². The number of anilines is 2. The molecule has 0 radical (unpaired) electrons. The topological polar surface area (TPSA) is 68.0 Å². The van der Waals surface area contributed by atoms with E-state index in [1.165, 1.54) is 0 Å². The number of halogens is 1. The highest BCUT2D eigenvalue weighted by Gasteiger charge is 2.11. The molecule has 2 aromatic rings. The molecule has 1 aromatic heterocycles. The Morgan fingerprint density at radius 1 is 1.39 bits per heavy atom. The summed E-state index contributed by atoms with van der Waals surface area (Å²) in [6, 6.07) is 8.73. The van der Waals surface area contributed by atoms with Crippen LogP contribution in [0.3, 0.4) is 0 Å². The van der Waals surface area contributed by atoms with Crippen LogP contribution in [0, 0.1) is 6.92 Å². The van der Waals surface area contributed by atoms with Gasteiger partial charge in [-0.05, 0) is 58.7 Å². The van der Waals surface area contributed by atoms with Gasteiger partial charge in [0, 0.05) is 17.4 Å². The van der Waals surface area contributed by atoms with Crippen molar-refractivity contribution in [1.82, 2.24) is 4.98 Å². The molecule has 3 N–H and O–H groups in total. The lowest BCUT2D eigenvalue weighted by molar-refractivity contribution is 0.102. The van der Waals surface area contributed by atoms with Crippen molar-refractivity contribution in [3.63, 3.8) is 0 Å². The monoisotopic (exact) mass is 305 g/mol. The average molecular weight is 306 g/mol. The van der Waals surface area contributed by atoms with Gasteiger partial charge < -0.3 is 11.1 Å². The zero-order valence-electron chi connectivity index (χ0n) is 9.77. The molecule has 0 unspecified atom stereocenters. The van der Waals surface area contributed by atoms with Crippen LogP contribution in [0.15, 0.2) is 41.1 Å². The van der Waals surface area contributed by atoms with Crippen LogP contribution in [0.1, 0.15) is 15.9 Å². The van der Waals surface area contributed by atoms with Gasteiger partial charge in [0.1, 0.15) is 4.60 Å². The Kier molecular flexibility index (Phi) is 3.62. The minimum absolute atomic E-state index is 0.179. The van der Waals surface area contributed by atoms with E-state index < -0.39 is 0 Å².